The number of hydrogen-bond acceptors (Lipinski definition) is 6. The molecule has 0 atom stereocenters. The van der Waals surface area contributed by atoms with Crippen molar-refractivity contribution in [3.05, 3.63) is 34.1 Å². The maximum atomic E-state index is 12.1. The number of ether oxygens (including phenoxy) is 2. The number of H-pyrrole nitrogens is 1. The monoisotopic (exact) mass is 331 g/mol. The summed E-state index contributed by atoms with van der Waals surface area (Å²) in [5.74, 6) is 1.20. The van der Waals surface area contributed by atoms with Crippen LogP contribution in [0.25, 0.3) is 11.3 Å². The second kappa shape index (κ2) is 7.70. The van der Waals surface area contributed by atoms with Gasteiger partial charge in [0.05, 0.1) is 18.9 Å². The highest BCUT2D eigenvalue weighted by atomic mass is 32.2. The Bertz CT molecular complexity index is 772. The summed E-state index contributed by atoms with van der Waals surface area (Å²) < 4.78 is 11.1. The van der Waals surface area contributed by atoms with Crippen LogP contribution < -0.4 is 15.0 Å². The summed E-state index contributed by atoms with van der Waals surface area (Å²) in [6, 6.07) is 7.19. The van der Waals surface area contributed by atoms with Crippen LogP contribution in [-0.2, 0) is 0 Å². The number of aromatic nitrogens is 2. The first-order valence-electron chi connectivity index (χ1n) is 7.12. The lowest BCUT2D eigenvalue weighted by atomic mass is 10.1. The van der Waals surface area contributed by atoms with Crippen LogP contribution in [-0.4, -0.2) is 29.4 Å². The van der Waals surface area contributed by atoms with E-state index >= 15 is 0 Å². The molecule has 1 heterocycles. The van der Waals surface area contributed by atoms with Crippen LogP contribution in [0.4, 0.5) is 0 Å². The van der Waals surface area contributed by atoms with Crippen molar-refractivity contribution in [1.29, 1.82) is 5.26 Å². The second-order valence-electron chi connectivity index (χ2n) is 4.47. The lowest BCUT2D eigenvalue weighted by molar-refractivity contribution is 0.323. The van der Waals surface area contributed by atoms with Crippen molar-refractivity contribution in [1.82, 2.24) is 9.97 Å². The molecular weight excluding hydrogens is 314 g/mol. The summed E-state index contributed by atoms with van der Waals surface area (Å²) in [6.07, 6.45) is 1.80. The molecule has 0 unspecified atom stereocenters. The molecular formula is C16H17N3O3S. The number of rotatable bonds is 6. The summed E-state index contributed by atoms with van der Waals surface area (Å²) in [5, 5.41) is 9.74. The van der Waals surface area contributed by atoms with Gasteiger partial charge in [0.15, 0.2) is 5.16 Å². The molecule has 2 aromatic rings. The van der Waals surface area contributed by atoms with Crippen molar-refractivity contribution in [3.8, 4) is 28.8 Å². The lowest BCUT2D eigenvalue weighted by Gasteiger charge is -2.11. The molecule has 0 saturated carbocycles. The van der Waals surface area contributed by atoms with Gasteiger partial charge in [-0.15, -0.1) is 0 Å². The zero-order valence-corrected chi connectivity index (χ0v) is 14.0. The molecule has 0 radical (unpaired) electrons. The summed E-state index contributed by atoms with van der Waals surface area (Å²) in [5.41, 5.74) is 0.445. The van der Waals surface area contributed by atoms with Gasteiger partial charge < -0.3 is 14.5 Å². The average molecular weight is 331 g/mol. The summed E-state index contributed by atoms with van der Waals surface area (Å²) >= 11 is 1.30. The van der Waals surface area contributed by atoms with E-state index in [1.807, 2.05) is 19.9 Å². The molecule has 0 aliphatic rings. The SMILES string of the molecule is CCOc1cc(OCC)cc(-c2nc(SC)[nH]c(=O)c2C#N)c1. The molecule has 0 aliphatic carbocycles. The van der Waals surface area contributed by atoms with E-state index in [0.29, 0.717) is 41.1 Å². The van der Waals surface area contributed by atoms with Gasteiger partial charge in [-0.3, -0.25) is 4.79 Å². The molecule has 0 amide bonds. The minimum atomic E-state index is -0.457. The first kappa shape index (κ1) is 16.9. The normalized spacial score (nSPS) is 10.2. The minimum absolute atomic E-state index is 0.0288. The van der Waals surface area contributed by atoms with Crippen molar-refractivity contribution >= 4 is 11.8 Å². The Morgan fingerprint density at radius 3 is 2.30 bits per heavy atom. The topological polar surface area (TPSA) is 88.0 Å². The van der Waals surface area contributed by atoms with Crippen molar-refractivity contribution < 1.29 is 9.47 Å². The fourth-order valence-electron chi connectivity index (χ4n) is 2.07. The Morgan fingerprint density at radius 2 is 1.83 bits per heavy atom. The number of nitriles is 1. The molecule has 2 rings (SSSR count). The first-order chi connectivity index (χ1) is 11.1. The van der Waals surface area contributed by atoms with Crippen LogP contribution in [0, 0.1) is 11.3 Å². The highest BCUT2D eigenvalue weighted by Gasteiger charge is 2.15. The molecule has 120 valence electrons. The quantitative estimate of drug-likeness (QED) is 0.647. The van der Waals surface area contributed by atoms with E-state index in [0.717, 1.165) is 0 Å². The molecule has 1 aromatic carbocycles. The Hall–Kier alpha value is -2.46. The molecule has 0 saturated heterocycles. The molecule has 6 nitrogen and oxygen atoms in total. The van der Waals surface area contributed by atoms with Gasteiger partial charge in [0.1, 0.15) is 23.1 Å². The highest BCUT2D eigenvalue weighted by molar-refractivity contribution is 7.98. The van der Waals surface area contributed by atoms with E-state index < -0.39 is 5.56 Å². The standard InChI is InChI=1S/C16H17N3O3S/c1-4-21-11-6-10(7-12(8-11)22-5-2)14-13(9-17)15(20)19-16(18-14)23-3/h6-8H,4-5H2,1-3H3,(H,18,19,20). The van der Waals surface area contributed by atoms with Crippen molar-refractivity contribution in [2.24, 2.45) is 0 Å². The van der Waals surface area contributed by atoms with Gasteiger partial charge in [-0.25, -0.2) is 4.98 Å². The fourth-order valence-corrected chi connectivity index (χ4v) is 2.45. The number of thioether (sulfide) groups is 1. The van der Waals surface area contributed by atoms with Gasteiger partial charge in [-0.1, -0.05) is 11.8 Å². The maximum absolute atomic E-state index is 12.1. The molecule has 0 fully saturated rings. The van der Waals surface area contributed by atoms with Crippen LogP contribution in [0.15, 0.2) is 28.2 Å². The van der Waals surface area contributed by atoms with E-state index in [2.05, 4.69) is 9.97 Å². The zero-order valence-electron chi connectivity index (χ0n) is 13.2. The maximum Gasteiger partial charge on any atom is 0.270 e. The van der Waals surface area contributed by atoms with Crippen molar-refractivity contribution in [2.45, 2.75) is 19.0 Å². The number of nitrogens with one attached hydrogen (secondary N) is 1. The number of benzene rings is 1. The van der Waals surface area contributed by atoms with E-state index in [1.165, 1.54) is 11.8 Å². The van der Waals surface area contributed by atoms with Crippen LogP contribution in [0.3, 0.4) is 0 Å². The molecule has 23 heavy (non-hydrogen) atoms. The third-order valence-corrected chi connectivity index (χ3v) is 3.56. The van der Waals surface area contributed by atoms with Gasteiger partial charge >= 0.3 is 0 Å². The van der Waals surface area contributed by atoms with Crippen molar-refractivity contribution in [3.63, 3.8) is 0 Å². The second-order valence-corrected chi connectivity index (χ2v) is 5.26. The number of nitrogens with zero attached hydrogens (tertiary/aromatic N) is 2. The molecule has 0 aliphatic heterocycles. The van der Waals surface area contributed by atoms with E-state index in [4.69, 9.17) is 9.47 Å². The van der Waals surface area contributed by atoms with Gasteiger partial charge in [0.25, 0.3) is 5.56 Å². The molecule has 1 N–H and O–H groups in total. The Labute approximate surface area is 138 Å². The van der Waals surface area contributed by atoms with Gasteiger partial charge in [-0.2, -0.15) is 5.26 Å². The van der Waals surface area contributed by atoms with Crippen molar-refractivity contribution in [2.75, 3.05) is 19.5 Å². The van der Waals surface area contributed by atoms with Crippen LogP contribution in [0.5, 0.6) is 11.5 Å². The average Bonchev–Trinajstić information content (AvgIpc) is 2.54. The van der Waals surface area contributed by atoms with Crippen LogP contribution in [0.1, 0.15) is 19.4 Å². The summed E-state index contributed by atoms with van der Waals surface area (Å²) in [7, 11) is 0. The van der Waals surface area contributed by atoms with E-state index in [1.54, 1.807) is 24.5 Å². The van der Waals surface area contributed by atoms with Gasteiger partial charge in [0, 0.05) is 11.6 Å². The van der Waals surface area contributed by atoms with Crippen LogP contribution >= 0.6 is 11.8 Å². The largest absolute Gasteiger partial charge is 0.494 e. The lowest BCUT2D eigenvalue weighted by Crippen LogP contribution is -2.14. The Kier molecular flexibility index (Phi) is 5.66. The zero-order chi connectivity index (χ0) is 16.8. The first-order valence-corrected chi connectivity index (χ1v) is 8.34. The highest BCUT2D eigenvalue weighted by Crippen LogP contribution is 2.30. The van der Waals surface area contributed by atoms with E-state index in [-0.39, 0.29) is 5.56 Å². The summed E-state index contributed by atoms with van der Waals surface area (Å²) in [4.78, 5) is 19.0. The Balaban J connectivity index is 2.67. The molecule has 7 heteroatoms. The van der Waals surface area contributed by atoms with E-state index in [9.17, 15) is 10.1 Å². The van der Waals surface area contributed by atoms with Gasteiger partial charge in [-0.05, 0) is 32.2 Å². The third-order valence-electron chi connectivity index (χ3n) is 2.98. The number of hydrogen-bond donors (Lipinski definition) is 1. The third kappa shape index (κ3) is 3.85. The fraction of sp³-hybridized carbons (Fsp3) is 0.312. The van der Waals surface area contributed by atoms with Gasteiger partial charge in [0.2, 0.25) is 0 Å². The predicted molar refractivity (Wildman–Crippen MR) is 89.1 cm³/mol. The smallest absolute Gasteiger partial charge is 0.270 e. The molecule has 0 bridgehead atoms. The van der Waals surface area contributed by atoms with Crippen LogP contribution in [0.2, 0.25) is 0 Å². The predicted octanol–water partition coefficient (Wildman–Crippen LogP) is 2.83. The number of aromatic amines is 1. The minimum Gasteiger partial charge on any atom is -0.494 e. The molecule has 1 aromatic heterocycles. The molecule has 0 spiro atoms. The summed E-state index contributed by atoms with van der Waals surface area (Å²) in [6.45, 7) is 4.76. The Morgan fingerprint density at radius 1 is 1.22 bits per heavy atom.